The highest BCUT2D eigenvalue weighted by Crippen LogP contribution is 2.08. The number of rotatable bonds is 6. The van der Waals surface area contributed by atoms with Crippen LogP contribution in [0.25, 0.3) is 0 Å². The first-order valence-electron chi connectivity index (χ1n) is 4.95. The number of hydrogen-bond donors (Lipinski definition) is 1. The summed E-state index contributed by atoms with van der Waals surface area (Å²) in [5, 5.41) is 8.45. The minimum absolute atomic E-state index is 0.00112. The second kappa shape index (κ2) is 6.40. The maximum Gasteiger partial charge on any atom is 0.305 e. The summed E-state index contributed by atoms with van der Waals surface area (Å²) < 4.78 is 0. The van der Waals surface area contributed by atoms with Crippen LogP contribution in [0.5, 0.6) is 0 Å². The molecule has 0 aliphatic heterocycles. The SMILES string of the molecule is CCCC(C)C(=O)N(C)CCC(=O)O. The monoisotopic (exact) mass is 201 g/mol. The first-order chi connectivity index (χ1) is 6.49. The molecule has 0 heterocycles. The fourth-order valence-corrected chi connectivity index (χ4v) is 1.31. The van der Waals surface area contributed by atoms with Crippen molar-refractivity contribution in [1.82, 2.24) is 4.90 Å². The highest BCUT2D eigenvalue weighted by molar-refractivity contribution is 5.78. The minimum Gasteiger partial charge on any atom is -0.481 e. The van der Waals surface area contributed by atoms with Crippen molar-refractivity contribution in [3.05, 3.63) is 0 Å². The molecule has 0 aliphatic carbocycles. The third-order valence-corrected chi connectivity index (χ3v) is 2.18. The van der Waals surface area contributed by atoms with Gasteiger partial charge in [-0.05, 0) is 6.42 Å². The summed E-state index contributed by atoms with van der Waals surface area (Å²) in [5.41, 5.74) is 0. The lowest BCUT2D eigenvalue weighted by atomic mass is 10.1. The molecule has 0 aliphatic rings. The van der Waals surface area contributed by atoms with E-state index in [2.05, 4.69) is 0 Å². The van der Waals surface area contributed by atoms with Gasteiger partial charge in [0.1, 0.15) is 0 Å². The van der Waals surface area contributed by atoms with Gasteiger partial charge in [-0.3, -0.25) is 9.59 Å². The fraction of sp³-hybridized carbons (Fsp3) is 0.800. The first kappa shape index (κ1) is 12.9. The zero-order chi connectivity index (χ0) is 11.1. The van der Waals surface area contributed by atoms with Gasteiger partial charge in [-0.15, -0.1) is 0 Å². The van der Waals surface area contributed by atoms with Gasteiger partial charge < -0.3 is 10.0 Å². The molecule has 14 heavy (non-hydrogen) atoms. The van der Waals surface area contributed by atoms with Crippen LogP contribution >= 0.6 is 0 Å². The molecule has 0 fully saturated rings. The Bertz CT molecular complexity index is 204. The van der Waals surface area contributed by atoms with Gasteiger partial charge in [0.15, 0.2) is 0 Å². The Balaban J connectivity index is 3.91. The maximum atomic E-state index is 11.6. The average molecular weight is 201 g/mol. The van der Waals surface area contributed by atoms with Crippen molar-refractivity contribution in [2.24, 2.45) is 5.92 Å². The standard InChI is InChI=1S/C10H19NO3/c1-4-5-8(2)10(14)11(3)7-6-9(12)13/h8H,4-7H2,1-3H3,(H,12,13). The van der Waals surface area contributed by atoms with Crippen molar-refractivity contribution >= 4 is 11.9 Å². The summed E-state index contributed by atoms with van der Waals surface area (Å²) >= 11 is 0. The van der Waals surface area contributed by atoms with E-state index in [-0.39, 0.29) is 18.2 Å². The van der Waals surface area contributed by atoms with E-state index in [0.717, 1.165) is 12.8 Å². The molecule has 0 aromatic heterocycles. The fourth-order valence-electron chi connectivity index (χ4n) is 1.31. The third kappa shape index (κ3) is 4.84. The molecule has 0 aromatic carbocycles. The maximum absolute atomic E-state index is 11.6. The van der Waals surface area contributed by atoms with Gasteiger partial charge in [0, 0.05) is 19.5 Å². The van der Waals surface area contributed by atoms with Crippen LogP contribution in [0, 0.1) is 5.92 Å². The summed E-state index contributed by atoms with van der Waals surface area (Å²) in [4.78, 5) is 23.4. The van der Waals surface area contributed by atoms with E-state index < -0.39 is 5.97 Å². The van der Waals surface area contributed by atoms with E-state index >= 15 is 0 Å². The van der Waals surface area contributed by atoms with Crippen LogP contribution in [-0.4, -0.2) is 35.5 Å². The lowest BCUT2D eigenvalue weighted by Crippen LogP contribution is -2.33. The van der Waals surface area contributed by atoms with E-state index in [1.54, 1.807) is 7.05 Å². The van der Waals surface area contributed by atoms with Crippen molar-refractivity contribution in [2.75, 3.05) is 13.6 Å². The zero-order valence-corrected chi connectivity index (χ0v) is 9.12. The van der Waals surface area contributed by atoms with Crippen LogP contribution in [-0.2, 0) is 9.59 Å². The summed E-state index contributed by atoms with van der Waals surface area (Å²) in [5.74, 6) is -0.834. The number of aliphatic carboxylic acids is 1. The Morgan fingerprint density at radius 3 is 2.43 bits per heavy atom. The lowest BCUT2D eigenvalue weighted by molar-refractivity contribution is -0.139. The van der Waals surface area contributed by atoms with Gasteiger partial charge in [0.05, 0.1) is 6.42 Å². The summed E-state index contributed by atoms with van der Waals surface area (Å²) in [6, 6.07) is 0. The van der Waals surface area contributed by atoms with Crippen LogP contribution in [0.4, 0.5) is 0 Å². The molecule has 0 bridgehead atoms. The molecule has 0 saturated carbocycles. The average Bonchev–Trinajstić information content (AvgIpc) is 2.13. The molecule has 0 aromatic rings. The van der Waals surface area contributed by atoms with Crippen molar-refractivity contribution in [2.45, 2.75) is 33.1 Å². The largest absolute Gasteiger partial charge is 0.481 e. The van der Waals surface area contributed by atoms with Crippen molar-refractivity contribution < 1.29 is 14.7 Å². The summed E-state index contributed by atoms with van der Waals surface area (Å²) in [6.45, 7) is 4.20. The summed E-state index contributed by atoms with van der Waals surface area (Å²) in [7, 11) is 1.65. The van der Waals surface area contributed by atoms with Gasteiger partial charge >= 0.3 is 5.97 Å². The van der Waals surface area contributed by atoms with Gasteiger partial charge in [0.25, 0.3) is 0 Å². The number of nitrogens with zero attached hydrogens (tertiary/aromatic N) is 1. The normalized spacial score (nSPS) is 12.2. The molecular formula is C10H19NO3. The molecule has 0 spiro atoms. The lowest BCUT2D eigenvalue weighted by Gasteiger charge is -2.20. The Hall–Kier alpha value is -1.06. The number of hydrogen-bond acceptors (Lipinski definition) is 2. The topological polar surface area (TPSA) is 57.6 Å². The molecule has 1 atom stereocenters. The van der Waals surface area contributed by atoms with E-state index in [1.807, 2.05) is 13.8 Å². The third-order valence-electron chi connectivity index (χ3n) is 2.18. The quantitative estimate of drug-likeness (QED) is 0.705. The number of carbonyl (C=O) groups excluding carboxylic acids is 1. The van der Waals surface area contributed by atoms with E-state index in [9.17, 15) is 9.59 Å². The molecule has 0 rings (SSSR count). The molecular weight excluding hydrogens is 182 g/mol. The predicted octanol–water partition coefficient (Wildman–Crippen LogP) is 1.36. The van der Waals surface area contributed by atoms with Crippen LogP contribution in [0.3, 0.4) is 0 Å². The van der Waals surface area contributed by atoms with Crippen LogP contribution in [0.15, 0.2) is 0 Å². The second-order valence-corrected chi connectivity index (χ2v) is 3.59. The molecule has 1 N–H and O–H groups in total. The number of amides is 1. The van der Waals surface area contributed by atoms with E-state index in [4.69, 9.17) is 5.11 Å². The Morgan fingerprint density at radius 2 is 2.00 bits per heavy atom. The molecule has 0 saturated heterocycles. The second-order valence-electron chi connectivity index (χ2n) is 3.59. The van der Waals surface area contributed by atoms with Crippen molar-refractivity contribution in [1.29, 1.82) is 0 Å². The molecule has 1 unspecified atom stereocenters. The van der Waals surface area contributed by atoms with E-state index in [1.165, 1.54) is 4.90 Å². The number of carboxylic acids is 1. The Kier molecular flexibility index (Phi) is 5.92. The Morgan fingerprint density at radius 1 is 1.43 bits per heavy atom. The zero-order valence-electron chi connectivity index (χ0n) is 9.12. The molecule has 4 heteroatoms. The highest BCUT2D eigenvalue weighted by atomic mass is 16.4. The van der Waals surface area contributed by atoms with Crippen LogP contribution in [0.1, 0.15) is 33.1 Å². The smallest absolute Gasteiger partial charge is 0.305 e. The van der Waals surface area contributed by atoms with Gasteiger partial charge in [-0.1, -0.05) is 20.3 Å². The van der Waals surface area contributed by atoms with Crippen LogP contribution < -0.4 is 0 Å². The predicted molar refractivity (Wildman–Crippen MR) is 54.0 cm³/mol. The molecule has 0 radical (unpaired) electrons. The van der Waals surface area contributed by atoms with Gasteiger partial charge in [-0.2, -0.15) is 0 Å². The van der Waals surface area contributed by atoms with E-state index in [0.29, 0.717) is 6.54 Å². The number of carboxylic acid groups (broad SMARTS) is 1. The Labute approximate surface area is 84.9 Å². The first-order valence-corrected chi connectivity index (χ1v) is 4.95. The highest BCUT2D eigenvalue weighted by Gasteiger charge is 2.16. The van der Waals surface area contributed by atoms with Crippen LogP contribution in [0.2, 0.25) is 0 Å². The molecule has 1 amide bonds. The molecule has 4 nitrogen and oxygen atoms in total. The summed E-state index contributed by atoms with van der Waals surface area (Å²) in [6.07, 6.45) is 1.84. The minimum atomic E-state index is -0.868. The molecule has 82 valence electrons. The number of carbonyl (C=O) groups is 2. The van der Waals surface area contributed by atoms with Crippen molar-refractivity contribution in [3.8, 4) is 0 Å². The van der Waals surface area contributed by atoms with Crippen molar-refractivity contribution in [3.63, 3.8) is 0 Å². The van der Waals surface area contributed by atoms with Gasteiger partial charge in [-0.25, -0.2) is 0 Å². The van der Waals surface area contributed by atoms with Gasteiger partial charge in [0.2, 0.25) is 5.91 Å².